The lowest BCUT2D eigenvalue weighted by molar-refractivity contribution is 0.185. The van der Waals surface area contributed by atoms with E-state index in [1.165, 1.54) is 32.2 Å². The van der Waals surface area contributed by atoms with Crippen LogP contribution in [0.25, 0.3) is 0 Å². The molecule has 0 saturated heterocycles. The van der Waals surface area contributed by atoms with Crippen molar-refractivity contribution in [1.82, 2.24) is 15.5 Å². The number of nitrogens with zero attached hydrogens (tertiary/aromatic N) is 2. The van der Waals surface area contributed by atoms with E-state index in [4.69, 9.17) is 4.74 Å². The van der Waals surface area contributed by atoms with Crippen molar-refractivity contribution in [3.8, 4) is 5.75 Å². The van der Waals surface area contributed by atoms with Crippen LogP contribution in [0.1, 0.15) is 64.5 Å². The highest BCUT2D eigenvalue weighted by molar-refractivity contribution is 14.0. The second-order valence-electron chi connectivity index (χ2n) is 7.97. The Labute approximate surface area is 200 Å². The molecule has 0 amide bonds. The molecule has 1 aromatic rings. The summed E-state index contributed by atoms with van der Waals surface area (Å²) in [6, 6.07) is 7.61. The standard InChI is InChI=1S/C23H42N4O2.HI/c1-6-24-23(25-15-10-8-7-9-11-16-27(4)5)26-18-22(28)20-13-12-14-21(17-20)29-19(2)3;/h12-14,17,19,22,28H,6-11,15-16,18H2,1-5H3,(H2,24,25,26);1H. The number of halogens is 1. The minimum Gasteiger partial charge on any atom is -0.491 e. The molecule has 0 saturated carbocycles. The van der Waals surface area contributed by atoms with Gasteiger partial charge in [0.1, 0.15) is 5.75 Å². The predicted octanol–water partition coefficient (Wildman–Crippen LogP) is 4.19. The van der Waals surface area contributed by atoms with Gasteiger partial charge >= 0.3 is 0 Å². The molecule has 1 atom stereocenters. The van der Waals surface area contributed by atoms with Crippen LogP contribution in [0.5, 0.6) is 5.75 Å². The zero-order chi connectivity index (χ0) is 21.5. The number of hydrogen-bond donors (Lipinski definition) is 3. The molecule has 0 aliphatic heterocycles. The zero-order valence-corrected chi connectivity index (χ0v) is 21.8. The molecule has 3 N–H and O–H groups in total. The van der Waals surface area contributed by atoms with E-state index in [2.05, 4.69) is 34.6 Å². The van der Waals surface area contributed by atoms with Gasteiger partial charge in [-0.3, -0.25) is 4.99 Å². The van der Waals surface area contributed by atoms with E-state index in [1.54, 1.807) is 0 Å². The van der Waals surface area contributed by atoms with E-state index in [0.717, 1.165) is 36.8 Å². The third kappa shape index (κ3) is 14.0. The summed E-state index contributed by atoms with van der Waals surface area (Å²) in [6.07, 6.45) is 5.64. The van der Waals surface area contributed by atoms with E-state index >= 15 is 0 Å². The van der Waals surface area contributed by atoms with Crippen LogP contribution in [0.3, 0.4) is 0 Å². The molecule has 1 unspecified atom stereocenters. The van der Waals surface area contributed by atoms with Gasteiger partial charge in [0.25, 0.3) is 0 Å². The SMILES string of the molecule is CCNC(=NCC(O)c1cccc(OC(C)C)c1)NCCCCCCCN(C)C.I. The summed E-state index contributed by atoms with van der Waals surface area (Å²) >= 11 is 0. The highest BCUT2D eigenvalue weighted by Crippen LogP contribution is 2.20. The van der Waals surface area contributed by atoms with Crippen molar-refractivity contribution < 1.29 is 9.84 Å². The van der Waals surface area contributed by atoms with Gasteiger partial charge in [0, 0.05) is 13.1 Å². The summed E-state index contributed by atoms with van der Waals surface area (Å²) < 4.78 is 5.71. The maximum Gasteiger partial charge on any atom is 0.191 e. The third-order valence-corrected chi connectivity index (χ3v) is 4.46. The minimum absolute atomic E-state index is 0. The quantitative estimate of drug-likeness (QED) is 0.145. The Hall–Kier alpha value is -1.06. The zero-order valence-electron chi connectivity index (χ0n) is 19.5. The predicted molar refractivity (Wildman–Crippen MR) is 138 cm³/mol. The molecule has 0 spiro atoms. The summed E-state index contributed by atoms with van der Waals surface area (Å²) in [4.78, 5) is 6.78. The lowest BCUT2D eigenvalue weighted by Crippen LogP contribution is -2.38. The highest BCUT2D eigenvalue weighted by Gasteiger charge is 2.09. The fraction of sp³-hybridized carbons (Fsp3) is 0.696. The monoisotopic (exact) mass is 534 g/mol. The third-order valence-electron chi connectivity index (χ3n) is 4.46. The van der Waals surface area contributed by atoms with Gasteiger partial charge in [-0.05, 0) is 71.9 Å². The van der Waals surface area contributed by atoms with Crippen molar-refractivity contribution >= 4 is 29.9 Å². The Kier molecular flexibility index (Phi) is 17.0. The van der Waals surface area contributed by atoms with Gasteiger partial charge in [-0.1, -0.05) is 31.4 Å². The Morgan fingerprint density at radius 2 is 1.80 bits per heavy atom. The molecule has 0 fully saturated rings. The number of rotatable bonds is 14. The first-order valence-electron chi connectivity index (χ1n) is 11.0. The van der Waals surface area contributed by atoms with E-state index < -0.39 is 6.10 Å². The van der Waals surface area contributed by atoms with Crippen molar-refractivity contribution in [1.29, 1.82) is 0 Å². The van der Waals surface area contributed by atoms with Crippen molar-refractivity contribution in [3.63, 3.8) is 0 Å². The number of benzene rings is 1. The number of guanidine groups is 1. The lowest BCUT2D eigenvalue weighted by atomic mass is 10.1. The summed E-state index contributed by atoms with van der Waals surface area (Å²) in [5.74, 6) is 1.53. The number of unbranched alkanes of at least 4 members (excludes halogenated alkanes) is 4. The van der Waals surface area contributed by atoms with Crippen LogP contribution in [0.4, 0.5) is 0 Å². The second-order valence-corrected chi connectivity index (χ2v) is 7.97. The molecule has 6 nitrogen and oxygen atoms in total. The topological polar surface area (TPSA) is 69.1 Å². The Balaban J connectivity index is 0.00000841. The van der Waals surface area contributed by atoms with E-state index in [9.17, 15) is 5.11 Å². The van der Waals surface area contributed by atoms with Crippen molar-refractivity contribution in [3.05, 3.63) is 29.8 Å². The maximum absolute atomic E-state index is 10.5. The average Bonchev–Trinajstić information content (AvgIpc) is 2.67. The summed E-state index contributed by atoms with van der Waals surface area (Å²) in [6.45, 7) is 9.20. The fourth-order valence-electron chi connectivity index (χ4n) is 2.98. The molecule has 0 aromatic heterocycles. The number of aliphatic imine (C=N–C) groups is 1. The highest BCUT2D eigenvalue weighted by atomic mass is 127. The molecule has 0 heterocycles. The van der Waals surface area contributed by atoms with Gasteiger partial charge in [0.15, 0.2) is 5.96 Å². The van der Waals surface area contributed by atoms with Crippen LogP contribution in [0, 0.1) is 0 Å². The molecular weight excluding hydrogens is 491 g/mol. The first-order valence-corrected chi connectivity index (χ1v) is 11.0. The summed E-state index contributed by atoms with van der Waals surface area (Å²) in [7, 11) is 4.25. The van der Waals surface area contributed by atoms with Gasteiger partial charge in [-0.15, -0.1) is 24.0 Å². The molecule has 1 rings (SSSR count). The molecule has 0 radical (unpaired) electrons. The molecule has 30 heavy (non-hydrogen) atoms. The van der Waals surface area contributed by atoms with Crippen molar-refractivity contribution in [2.45, 2.75) is 65.1 Å². The Bertz CT molecular complexity index is 582. The lowest BCUT2D eigenvalue weighted by Gasteiger charge is -2.15. The molecule has 0 aliphatic rings. The smallest absolute Gasteiger partial charge is 0.191 e. The first-order chi connectivity index (χ1) is 13.9. The van der Waals surface area contributed by atoms with Crippen LogP contribution in [0.15, 0.2) is 29.3 Å². The van der Waals surface area contributed by atoms with Gasteiger partial charge in [0.05, 0.1) is 18.8 Å². The normalized spacial score (nSPS) is 12.6. The van der Waals surface area contributed by atoms with E-state index in [1.807, 2.05) is 45.0 Å². The molecule has 0 bridgehead atoms. The van der Waals surface area contributed by atoms with Crippen LogP contribution < -0.4 is 15.4 Å². The number of aliphatic hydroxyl groups is 1. The number of nitrogens with one attached hydrogen (secondary N) is 2. The van der Waals surface area contributed by atoms with Gasteiger partial charge in [-0.2, -0.15) is 0 Å². The van der Waals surface area contributed by atoms with Crippen molar-refractivity contribution in [2.75, 3.05) is 40.3 Å². The van der Waals surface area contributed by atoms with Crippen molar-refractivity contribution in [2.24, 2.45) is 4.99 Å². The van der Waals surface area contributed by atoms with E-state index in [-0.39, 0.29) is 30.1 Å². The minimum atomic E-state index is -0.655. The molecule has 1 aromatic carbocycles. The van der Waals surface area contributed by atoms with Crippen LogP contribution in [0.2, 0.25) is 0 Å². The number of ether oxygens (including phenoxy) is 1. The Morgan fingerprint density at radius 3 is 2.47 bits per heavy atom. The number of hydrogen-bond acceptors (Lipinski definition) is 4. The molecule has 7 heteroatoms. The van der Waals surface area contributed by atoms with Gasteiger partial charge < -0.3 is 25.4 Å². The summed E-state index contributed by atoms with van der Waals surface area (Å²) in [5, 5.41) is 17.1. The molecule has 174 valence electrons. The first kappa shape index (κ1) is 28.9. The average molecular weight is 535 g/mol. The van der Waals surface area contributed by atoms with Gasteiger partial charge in [0.2, 0.25) is 0 Å². The molecular formula is C23H43IN4O2. The number of aliphatic hydroxyl groups excluding tert-OH is 1. The fourth-order valence-corrected chi connectivity index (χ4v) is 2.98. The van der Waals surface area contributed by atoms with Gasteiger partial charge in [-0.25, -0.2) is 0 Å². The van der Waals surface area contributed by atoms with Crippen LogP contribution in [-0.2, 0) is 0 Å². The Morgan fingerprint density at radius 1 is 1.10 bits per heavy atom. The molecule has 0 aliphatic carbocycles. The second kappa shape index (κ2) is 17.6. The van der Waals surface area contributed by atoms with Crippen LogP contribution in [-0.4, -0.2) is 62.3 Å². The van der Waals surface area contributed by atoms with Crippen LogP contribution >= 0.6 is 24.0 Å². The maximum atomic E-state index is 10.5. The van der Waals surface area contributed by atoms with E-state index in [0.29, 0.717) is 6.54 Å². The summed E-state index contributed by atoms with van der Waals surface area (Å²) in [5.41, 5.74) is 0.820. The largest absolute Gasteiger partial charge is 0.491 e.